The molecule has 0 radical (unpaired) electrons. The molecule has 2 nitrogen and oxygen atoms in total. The fourth-order valence-electron chi connectivity index (χ4n) is 0.985. The van der Waals surface area contributed by atoms with Crippen LogP contribution in [0.15, 0.2) is 6.07 Å². The van der Waals surface area contributed by atoms with Crippen molar-refractivity contribution in [3.63, 3.8) is 0 Å². The summed E-state index contributed by atoms with van der Waals surface area (Å²) < 4.78 is 18.2. The zero-order chi connectivity index (χ0) is 10.0. The standard InChI is InChI=1S/C8H8Cl2FNO/c1-13-8-6(10)2-5(9)4(3-12)7(8)11/h2H,3,12H2,1H3. The Kier molecular flexibility index (Phi) is 3.36. The topological polar surface area (TPSA) is 35.2 Å². The maximum atomic E-state index is 13.4. The molecule has 0 aromatic heterocycles. The summed E-state index contributed by atoms with van der Waals surface area (Å²) in [5.41, 5.74) is 5.51. The SMILES string of the molecule is COc1c(Cl)cc(Cl)c(CN)c1F. The highest BCUT2D eigenvalue weighted by atomic mass is 35.5. The summed E-state index contributed by atoms with van der Waals surface area (Å²) in [4.78, 5) is 0. The Morgan fingerprint density at radius 1 is 1.46 bits per heavy atom. The first-order chi connectivity index (χ1) is 6.11. The van der Waals surface area contributed by atoms with Crippen molar-refractivity contribution >= 4 is 23.2 Å². The summed E-state index contributed by atoms with van der Waals surface area (Å²) in [5, 5.41) is 0.355. The van der Waals surface area contributed by atoms with Crippen LogP contribution in [0.2, 0.25) is 10.0 Å². The lowest BCUT2D eigenvalue weighted by molar-refractivity contribution is 0.384. The Labute approximate surface area is 85.4 Å². The highest BCUT2D eigenvalue weighted by Gasteiger charge is 2.15. The Morgan fingerprint density at radius 2 is 2.08 bits per heavy atom. The van der Waals surface area contributed by atoms with Crippen molar-refractivity contribution in [2.24, 2.45) is 5.73 Å². The molecule has 0 spiro atoms. The quantitative estimate of drug-likeness (QED) is 0.837. The van der Waals surface area contributed by atoms with Crippen LogP contribution >= 0.6 is 23.2 Å². The van der Waals surface area contributed by atoms with Gasteiger partial charge in [-0.05, 0) is 6.07 Å². The number of rotatable bonds is 2. The van der Waals surface area contributed by atoms with Crippen molar-refractivity contribution in [2.45, 2.75) is 6.54 Å². The van der Waals surface area contributed by atoms with Crippen LogP contribution < -0.4 is 10.5 Å². The zero-order valence-corrected chi connectivity index (χ0v) is 8.42. The van der Waals surface area contributed by atoms with Crippen molar-refractivity contribution in [3.05, 3.63) is 27.5 Å². The van der Waals surface area contributed by atoms with E-state index in [0.29, 0.717) is 0 Å². The van der Waals surface area contributed by atoms with Crippen LogP contribution in [-0.4, -0.2) is 7.11 Å². The largest absolute Gasteiger partial charge is 0.492 e. The third kappa shape index (κ3) is 1.88. The van der Waals surface area contributed by atoms with E-state index in [2.05, 4.69) is 0 Å². The minimum atomic E-state index is -0.595. The van der Waals surface area contributed by atoms with Crippen molar-refractivity contribution in [3.8, 4) is 5.75 Å². The Hall–Kier alpha value is -0.510. The van der Waals surface area contributed by atoms with E-state index >= 15 is 0 Å². The molecule has 0 atom stereocenters. The van der Waals surface area contributed by atoms with Crippen LogP contribution in [0.3, 0.4) is 0 Å². The zero-order valence-electron chi connectivity index (χ0n) is 6.90. The second-order valence-electron chi connectivity index (χ2n) is 2.37. The van der Waals surface area contributed by atoms with Gasteiger partial charge in [-0.1, -0.05) is 23.2 Å². The molecule has 0 aliphatic rings. The van der Waals surface area contributed by atoms with Gasteiger partial charge in [0, 0.05) is 17.1 Å². The average Bonchev–Trinajstić information content (AvgIpc) is 2.04. The summed E-state index contributed by atoms with van der Waals surface area (Å²) in [7, 11) is 1.33. The number of methoxy groups -OCH3 is 1. The van der Waals surface area contributed by atoms with E-state index in [1.54, 1.807) is 0 Å². The Bertz CT molecular complexity index is 302. The molecule has 2 N–H and O–H groups in total. The number of hydrogen-bond acceptors (Lipinski definition) is 2. The third-order valence-electron chi connectivity index (χ3n) is 1.63. The maximum Gasteiger partial charge on any atom is 0.173 e. The molecule has 0 saturated carbocycles. The summed E-state index contributed by atoms with van der Waals surface area (Å²) in [6, 6.07) is 1.41. The van der Waals surface area contributed by atoms with E-state index in [1.807, 2.05) is 0 Å². The summed E-state index contributed by atoms with van der Waals surface area (Å²) in [6.07, 6.45) is 0. The lowest BCUT2D eigenvalue weighted by atomic mass is 10.2. The number of nitrogens with two attached hydrogens (primary N) is 1. The summed E-state index contributed by atoms with van der Waals surface area (Å²) in [6.45, 7) is 0.0121. The second kappa shape index (κ2) is 4.13. The molecular formula is C8H8Cl2FNO. The normalized spacial score (nSPS) is 10.2. The van der Waals surface area contributed by atoms with E-state index in [9.17, 15) is 4.39 Å². The highest BCUT2D eigenvalue weighted by molar-refractivity contribution is 6.36. The summed E-state index contributed by atoms with van der Waals surface area (Å²) >= 11 is 11.4. The van der Waals surface area contributed by atoms with Crippen molar-refractivity contribution in [2.75, 3.05) is 7.11 Å². The molecule has 0 aliphatic carbocycles. The number of halogens is 3. The van der Waals surface area contributed by atoms with Gasteiger partial charge in [-0.3, -0.25) is 0 Å². The lowest BCUT2D eigenvalue weighted by Gasteiger charge is -2.09. The maximum absolute atomic E-state index is 13.4. The van der Waals surface area contributed by atoms with Gasteiger partial charge >= 0.3 is 0 Å². The van der Waals surface area contributed by atoms with Gasteiger partial charge in [0.15, 0.2) is 11.6 Å². The van der Waals surface area contributed by atoms with Gasteiger partial charge in [-0.25, -0.2) is 4.39 Å². The monoisotopic (exact) mass is 223 g/mol. The van der Waals surface area contributed by atoms with Crippen LogP contribution in [0.1, 0.15) is 5.56 Å². The van der Waals surface area contributed by atoms with Gasteiger partial charge in [0.05, 0.1) is 12.1 Å². The first-order valence-corrected chi connectivity index (χ1v) is 4.27. The molecule has 0 heterocycles. The molecule has 72 valence electrons. The smallest absolute Gasteiger partial charge is 0.173 e. The Balaban J connectivity index is 3.39. The van der Waals surface area contributed by atoms with Crippen LogP contribution in [0, 0.1) is 5.82 Å². The molecule has 0 fully saturated rings. The van der Waals surface area contributed by atoms with Gasteiger partial charge in [0.2, 0.25) is 0 Å². The molecule has 0 amide bonds. The van der Waals surface area contributed by atoms with E-state index in [1.165, 1.54) is 13.2 Å². The molecule has 1 rings (SSSR count). The minimum Gasteiger partial charge on any atom is -0.492 e. The third-order valence-corrected chi connectivity index (χ3v) is 2.25. The summed E-state index contributed by atoms with van der Waals surface area (Å²) in [5.74, 6) is -0.617. The van der Waals surface area contributed by atoms with Gasteiger partial charge in [-0.2, -0.15) is 0 Å². The average molecular weight is 224 g/mol. The van der Waals surface area contributed by atoms with Crippen LogP contribution in [-0.2, 0) is 6.54 Å². The number of ether oxygens (including phenoxy) is 1. The highest BCUT2D eigenvalue weighted by Crippen LogP contribution is 2.34. The molecule has 0 aliphatic heterocycles. The first-order valence-electron chi connectivity index (χ1n) is 3.52. The van der Waals surface area contributed by atoms with Crippen molar-refractivity contribution in [1.29, 1.82) is 0 Å². The molecule has 13 heavy (non-hydrogen) atoms. The number of benzene rings is 1. The van der Waals surface area contributed by atoms with Crippen LogP contribution in [0.4, 0.5) is 4.39 Å². The van der Waals surface area contributed by atoms with Gasteiger partial charge < -0.3 is 10.5 Å². The second-order valence-corrected chi connectivity index (χ2v) is 3.18. The lowest BCUT2D eigenvalue weighted by Crippen LogP contribution is -2.03. The van der Waals surface area contributed by atoms with E-state index in [0.717, 1.165) is 0 Å². The fourth-order valence-corrected chi connectivity index (χ4v) is 1.58. The van der Waals surface area contributed by atoms with Crippen molar-refractivity contribution in [1.82, 2.24) is 0 Å². The predicted molar refractivity (Wildman–Crippen MR) is 50.9 cm³/mol. The predicted octanol–water partition coefficient (Wildman–Crippen LogP) is 2.60. The molecule has 1 aromatic carbocycles. The van der Waals surface area contributed by atoms with Crippen LogP contribution in [0.25, 0.3) is 0 Å². The van der Waals surface area contributed by atoms with E-state index in [4.69, 9.17) is 33.7 Å². The van der Waals surface area contributed by atoms with Crippen LogP contribution in [0.5, 0.6) is 5.75 Å². The van der Waals surface area contributed by atoms with Crippen molar-refractivity contribution < 1.29 is 9.13 Å². The van der Waals surface area contributed by atoms with Gasteiger partial charge in [-0.15, -0.1) is 0 Å². The van der Waals surface area contributed by atoms with E-state index in [-0.39, 0.29) is 27.9 Å². The first kappa shape index (κ1) is 10.6. The molecule has 5 heteroatoms. The van der Waals surface area contributed by atoms with Gasteiger partial charge in [0.25, 0.3) is 0 Å². The molecule has 0 saturated heterocycles. The molecular weight excluding hydrogens is 216 g/mol. The number of hydrogen-bond donors (Lipinski definition) is 1. The van der Waals surface area contributed by atoms with E-state index < -0.39 is 5.82 Å². The fraction of sp³-hybridized carbons (Fsp3) is 0.250. The minimum absolute atomic E-state index is 0.0121. The molecule has 0 bridgehead atoms. The molecule has 1 aromatic rings. The Morgan fingerprint density at radius 3 is 2.54 bits per heavy atom. The molecule has 0 unspecified atom stereocenters. The van der Waals surface area contributed by atoms with Gasteiger partial charge in [0.1, 0.15) is 0 Å².